The molecular weight excluding hydrogens is 318 g/mol. The van der Waals surface area contributed by atoms with Crippen molar-refractivity contribution >= 4 is 0 Å². The molecule has 0 N–H and O–H groups in total. The van der Waals surface area contributed by atoms with Gasteiger partial charge in [-0.05, 0) is 27.2 Å². The molecule has 25 heavy (non-hydrogen) atoms. The molecule has 0 aliphatic rings. The summed E-state index contributed by atoms with van der Waals surface area (Å²) in [7, 11) is 4.82. The van der Waals surface area contributed by atoms with E-state index in [9.17, 15) is 5.21 Å². The maximum atomic E-state index is 13.1. The van der Waals surface area contributed by atoms with E-state index in [-0.39, 0.29) is 6.04 Å². The Balaban J connectivity index is 3.32. The molecule has 0 spiro atoms. The van der Waals surface area contributed by atoms with Crippen LogP contribution < -0.4 is 14.2 Å². The van der Waals surface area contributed by atoms with Crippen molar-refractivity contribution in [3.05, 3.63) is 17.7 Å². The van der Waals surface area contributed by atoms with Crippen LogP contribution in [0.15, 0.2) is 12.1 Å². The van der Waals surface area contributed by atoms with Crippen molar-refractivity contribution in [3.63, 3.8) is 0 Å². The molecule has 0 fully saturated rings. The summed E-state index contributed by atoms with van der Waals surface area (Å²) < 4.78 is 16.5. The minimum absolute atomic E-state index is 0.326. The molecule has 0 aliphatic carbocycles. The van der Waals surface area contributed by atoms with Crippen LogP contribution in [0.4, 0.5) is 0 Å². The summed E-state index contributed by atoms with van der Waals surface area (Å²) in [6, 6.07) is 3.30. The summed E-state index contributed by atoms with van der Waals surface area (Å²) in [6.45, 7) is 7.98. The second kappa shape index (κ2) is 9.88. The van der Waals surface area contributed by atoms with Gasteiger partial charge < -0.3 is 14.2 Å². The zero-order valence-corrected chi connectivity index (χ0v) is 16.8. The lowest BCUT2D eigenvalue weighted by molar-refractivity contribution is -0.243. The Morgan fingerprint density at radius 2 is 1.52 bits per heavy atom. The van der Waals surface area contributed by atoms with E-state index >= 15 is 0 Å². The maximum absolute atomic E-state index is 13.1. The van der Waals surface area contributed by atoms with Crippen molar-refractivity contribution in [2.45, 2.75) is 71.4 Å². The molecule has 0 heterocycles. The lowest BCUT2D eigenvalue weighted by Crippen LogP contribution is -2.40. The van der Waals surface area contributed by atoms with Gasteiger partial charge in [-0.2, -0.15) is 0 Å². The summed E-state index contributed by atoms with van der Waals surface area (Å²) in [4.78, 5) is 0. The summed E-state index contributed by atoms with van der Waals surface area (Å²) in [5.74, 6) is 1.90. The number of benzene rings is 1. The Kier molecular flexibility index (Phi) is 8.53. The van der Waals surface area contributed by atoms with Crippen LogP contribution in [0.1, 0.15) is 71.4 Å². The van der Waals surface area contributed by atoms with E-state index < -0.39 is 5.54 Å². The number of rotatable bonds is 10. The Hall–Kier alpha value is -1.46. The fourth-order valence-corrected chi connectivity index (χ4v) is 2.97. The number of hydroxylamine groups is 2. The molecule has 0 bridgehead atoms. The third kappa shape index (κ3) is 5.79. The molecule has 5 heteroatoms. The van der Waals surface area contributed by atoms with Crippen molar-refractivity contribution < 1.29 is 19.4 Å². The number of ether oxygens (including phenoxy) is 3. The van der Waals surface area contributed by atoms with Crippen molar-refractivity contribution in [2.75, 3.05) is 21.3 Å². The van der Waals surface area contributed by atoms with Gasteiger partial charge in [0.2, 0.25) is 0 Å². The van der Waals surface area contributed by atoms with Gasteiger partial charge in [0.25, 0.3) is 0 Å². The quantitative estimate of drug-likeness (QED) is 0.430. The SMILES string of the molecule is CCCCCCC(c1c(OC)cc(OC)cc1OC)N([O])C(C)(C)C. The van der Waals surface area contributed by atoms with Crippen molar-refractivity contribution in [2.24, 2.45) is 0 Å². The minimum Gasteiger partial charge on any atom is -0.496 e. The highest BCUT2D eigenvalue weighted by molar-refractivity contribution is 5.52. The van der Waals surface area contributed by atoms with Gasteiger partial charge in [-0.25, -0.2) is 0 Å². The molecular formula is C20H34NO4. The third-order valence-electron chi connectivity index (χ3n) is 4.36. The molecule has 0 aliphatic heterocycles. The van der Waals surface area contributed by atoms with Crippen LogP contribution in [0.25, 0.3) is 0 Å². The van der Waals surface area contributed by atoms with Crippen LogP contribution in [-0.2, 0) is 5.21 Å². The lowest BCUT2D eigenvalue weighted by atomic mass is 9.94. The summed E-state index contributed by atoms with van der Waals surface area (Å²) in [5.41, 5.74) is 0.290. The Morgan fingerprint density at radius 3 is 1.92 bits per heavy atom. The molecule has 0 aromatic heterocycles. The average Bonchev–Trinajstić information content (AvgIpc) is 2.59. The molecule has 5 nitrogen and oxygen atoms in total. The van der Waals surface area contributed by atoms with E-state index in [1.54, 1.807) is 21.3 Å². The topological polar surface area (TPSA) is 50.8 Å². The summed E-state index contributed by atoms with van der Waals surface area (Å²) in [5, 5.41) is 14.3. The fraction of sp³-hybridized carbons (Fsp3) is 0.700. The van der Waals surface area contributed by atoms with Crippen LogP contribution in [0.2, 0.25) is 0 Å². The molecule has 1 aromatic rings. The lowest BCUT2D eigenvalue weighted by Gasteiger charge is -2.35. The number of hydrogen-bond donors (Lipinski definition) is 0. The second-order valence-electron chi connectivity index (χ2n) is 7.31. The standard InChI is InChI=1S/C20H34NO4/c1-8-9-10-11-12-16(21(22)20(2,3)4)19-17(24-6)13-15(23-5)14-18(19)25-7/h13-14,16H,8-12H2,1-7H3. The van der Waals surface area contributed by atoms with Crippen molar-refractivity contribution in [3.8, 4) is 17.2 Å². The van der Waals surface area contributed by atoms with E-state index in [4.69, 9.17) is 14.2 Å². The zero-order chi connectivity index (χ0) is 19.0. The molecule has 143 valence electrons. The van der Waals surface area contributed by atoms with Crippen LogP contribution in [0.3, 0.4) is 0 Å². The van der Waals surface area contributed by atoms with E-state index in [1.807, 2.05) is 32.9 Å². The van der Waals surface area contributed by atoms with Crippen LogP contribution in [-0.4, -0.2) is 31.9 Å². The van der Waals surface area contributed by atoms with Gasteiger partial charge in [0.05, 0.1) is 32.9 Å². The smallest absolute Gasteiger partial charge is 0.131 e. The molecule has 1 rings (SSSR count). The second-order valence-corrected chi connectivity index (χ2v) is 7.31. The highest BCUT2D eigenvalue weighted by Crippen LogP contribution is 2.44. The van der Waals surface area contributed by atoms with E-state index in [0.29, 0.717) is 17.2 Å². The van der Waals surface area contributed by atoms with Gasteiger partial charge in [0, 0.05) is 17.7 Å². The first kappa shape index (κ1) is 21.6. The predicted octanol–water partition coefficient (Wildman–Crippen LogP) is 5.17. The molecule has 1 aromatic carbocycles. The Morgan fingerprint density at radius 1 is 0.960 bits per heavy atom. The first-order chi connectivity index (χ1) is 11.8. The molecule has 0 saturated carbocycles. The Bertz CT molecular complexity index is 500. The molecule has 1 atom stereocenters. The molecule has 0 saturated heterocycles. The zero-order valence-electron chi connectivity index (χ0n) is 16.8. The third-order valence-corrected chi connectivity index (χ3v) is 4.36. The number of methoxy groups -OCH3 is 3. The number of nitrogens with zero attached hydrogens (tertiary/aromatic N) is 1. The first-order valence-electron chi connectivity index (χ1n) is 9.06. The van der Waals surface area contributed by atoms with Crippen LogP contribution in [0.5, 0.6) is 17.2 Å². The Labute approximate surface area is 152 Å². The van der Waals surface area contributed by atoms with Gasteiger partial charge in [0.1, 0.15) is 17.2 Å². The van der Waals surface area contributed by atoms with Gasteiger partial charge in [0.15, 0.2) is 0 Å². The normalized spacial score (nSPS) is 13.0. The highest BCUT2D eigenvalue weighted by atomic mass is 16.5. The van der Waals surface area contributed by atoms with Crippen molar-refractivity contribution in [1.29, 1.82) is 0 Å². The maximum Gasteiger partial charge on any atom is 0.131 e. The van der Waals surface area contributed by atoms with Crippen LogP contribution in [0, 0.1) is 0 Å². The van der Waals surface area contributed by atoms with Gasteiger partial charge >= 0.3 is 0 Å². The van der Waals surface area contributed by atoms with Gasteiger partial charge in [-0.15, -0.1) is 10.3 Å². The van der Waals surface area contributed by atoms with Gasteiger partial charge in [-0.1, -0.05) is 32.6 Å². The largest absolute Gasteiger partial charge is 0.496 e. The average molecular weight is 352 g/mol. The number of unbranched alkanes of at least 4 members (excludes halogenated alkanes) is 3. The first-order valence-corrected chi connectivity index (χ1v) is 9.06. The van der Waals surface area contributed by atoms with Crippen molar-refractivity contribution in [1.82, 2.24) is 5.06 Å². The minimum atomic E-state index is -0.509. The summed E-state index contributed by atoms with van der Waals surface area (Å²) >= 11 is 0. The van der Waals surface area contributed by atoms with E-state index in [2.05, 4.69) is 6.92 Å². The number of hydrogen-bond acceptors (Lipinski definition) is 4. The molecule has 1 radical (unpaired) electrons. The van der Waals surface area contributed by atoms with Gasteiger partial charge in [-0.3, -0.25) is 0 Å². The molecule has 0 amide bonds. The van der Waals surface area contributed by atoms with E-state index in [1.165, 1.54) is 17.9 Å². The summed E-state index contributed by atoms with van der Waals surface area (Å²) in [6.07, 6.45) is 5.22. The van der Waals surface area contributed by atoms with Crippen LogP contribution >= 0.6 is 0 Å². The fourth-order valence-electron chi connectivity index (χ4n) is 2.97. The van der Waals surface area contributed by atoms with E-state index in [0.717, 1.165) is 24.8 Å². The predicted molar refractivity (Wildman–Crippen MR) is 99.9 cm³/mol. The molecule has 1 unspecified atom stereocenters. The highest BCUT2D eigenvalue weighted by Gasteiger charge is 2.34. The monoisotopic (exact) mass is 352 g/mol.